The second-order valence-corrected chi connectivity index (χ2v) is 38.1. The fourth-order valence-corrected chi connectivity index (χ4v) is 14.5. The van der Waals surface area contributed by atoms with Crippen LogP contribution in [-0.4, -0.2) is 241 Å². The predicted octanol–water partition coefficient (Wildman–Crippen LogP) is 14.6. The van der Waals surface area contributed by atoms with Gasteiger partial charge >= 0.3 is 24.4 Å². The van der Waals surface area contributed by atoms with E-state index < -0.39 is 27.9 Å². The van der Waals surface area contributed by atoms with E-state index in [1.807, 2.05) is 111 Å². The van der Waals surface area contributed by atoms with Crippen molar-refractivity contribution >= 4 is 146 Å². The summed E-state index contributed by atoms with van der Waals surface area (Å²) in [4.78, 5) is 103. The van der Waals surface area contributed by atoms with Crippen LogP contribution in [0.5, 0.6) is 0 Å². The molecule has 0 unspecified atom stereocenters. The molecule has 12 rings (SSSR count). The van der Waals surface area contributed by atoms with Crippen molar-refractivity contribution in [1.82, 2.24) is 74.8 Å². The minimum atomic E-state index is -0.543. The van der Waals surface area contributed by atoms with E-state index in [1.54, 1.807) is 19.6 Å². The number of nitrogens with zero attached hydrogens (tertiary/aromatic N) is 16. The normalized spacial score (nSPS) is 17.1. The van der Waals surface area contributed by atoms with Gasteiger partial charge in [0.05, 0.1) is 123 Å². The van der Waals surface area contributed by atoms with Crippen LogP contribution >= 0.6 is 97.9 Å². The van der Waals surface area contributed by atoms with Crippen molar-refractivity contribution in [2.24, 2.45) is 0 Å². The molecule has 0 aliphatic carbocycles. The third kappa shape index (κ3) is 28.6. The van der Waals surface area contributed by atoms with Crippen LogP contribution in [-0.2, 0) is 98.0 Å². The number of nitrogens with one attached hydrogen (secondary N) is 3. The molecule has 2 saturated heterocycles. The van der Waals surface area contributed by atoms with Crippen LogP contribution in [0.2, 0.25) is 31.6 Å². The lowest BCUT2D eigenvalue weighted by Crippen LogP contribution is -2.54. The summed E-state index contributed by atoms with van der Waals surface area (Å²) >= 11 is 39.6. The van der Waals surface area contributed by atoms with Crippen LogP contribution in [0.15, 0.2) is 0 Å². The molecule has 39 heteroatoms. The number of amides is 4. The van der Waals surface area contributed by atoms with E-state index in [0.717, 1.165) is 95.5 Å². The molecule has 5 aromatic rings. The molecule has 4 amide bonds. The number of hydrogen-bond acceptors (Lipinski definition) is 27. The minimum absolute atomic E-state index is 0. The zero-order chi connectivity index (χ0) is 85.1. The monoisotopic (exact) mass is 1820 g/mol. The number of aromatic nitrogens is 10. The van der Waals surface area contributed by atoms with Gasteiger partial charge in [0.25, 0.3) is 0 Å². The van der Waals surface area contributed by atoms with E-state index in [2.05, 4.69) is 119 Å². The van der Waals surface area contributed by atoms with E-state index in [4.69, 9.17) is 103 Å². The highest BCUT2D eigenvalue weighted by Gasteiger charge is 2.40. The van der Waals surface area contributed by atoms with Crippen LogP contribution in [0.3, 0.4) is 0 Å². The van der Waals surface area contributed by atoms with Crippen molar-refractivity contribution < 1.29 is 57.4 Å². The number of halogens is 8. The molecule has 0 saturated carbocycles. The molecule has 646 valence electrons. The molecule has 7 aliphatic heterocycles. The van der Waals surface area contributed by atoms with Gasteiger partial charge in [0, 0.05) is 79.0 Å². The number of carbonyl (C=O) groups is 4. The topological polar surface area (TPSA) is 338 Å². The summed E-state index contributed by atoms with van der Waals surface area (Å²) in [5.74, 6) is 3.15. The minimum Gasteiger partial charge on any atom is -0.444 e. The lowest BCUT2D eigenvalue weighted by Gasteiger charge is -2.44. The highest BCUT2D eigenvalue weighted by Crippen LogP contribution is 2.37. The van der Waals surface area contributed by atoms with E-state index in [9.17, 15) is 24.3 Å². The van der Waals surface area contributed by atoms with Gasteiger partial charge < -0.3 is 83.6 Å². The van der Waals surface area contributed by atoms with Gasteiger partial charge in [-0.15, -0.1) is 12.4 Å². The zero-order valence-electron chi connectivity index (χ0n) is 70.3. The number of fused-ring (bicyclic) bond motifs is 5. The molecule has 0 atom stereocenters. The van der Waals surface area contributed by atoms with Crippen molar-refractivity contribution in [3.63, 3.8) is 0 Å². The number of aliphatic hydroxyl groups is 1. The first-order valence-electron chi connectivity index (χ1n) is 38.5. The molecule has 2 fully saturated rings. The SMILES string of the molecule is CC(C)(C)OC(=O)N1CCc2c(Cl)nc(Cl)nc2C1.CC(C)(C)OC(=O)N1CCc2c(nc(Cl)nc2N2CCOCC2(C)C)C1.CC(C)(CO)Nc1nc(Cl)nc2c1CCN(C(=O)OC(C)(C)C)C2.CC(C)(COCCBr)Nc1nc(Cl)nc2c1CCN(C(=O)OC(C)(C)C)C2.CC1(C)COCCN1c1nc(Cl)nc2c1CCNC2.Cl. The highest BCUT2D eigenvalue weighted by atomic mass is 79.9. The highest BCUT2D eigenvalue weighted by molar-refractivity contribution is 9.09. The molecular weight excluding hydrogens is 1710 g/mol. The Morgan fingerprint density at radius 1 is 0.457 bits per heavy atom. The molecule has 0 radical (unpaired) electrons. The van der Waals surface area contributed by atoms with Crippen molar-refractivity contribution in [3.8, 4) is 0 Å². The standard InChI is InChI=1S/C18H28BrClN4O3.C18H27ClN4O3.C16H25ClN4O3.C13H19ClN4O.C12H15Cl2N3O2.ClH/c1-17(2,3)27-16(25)24-8-6-12-13(10-24)21-15(20)22-14(12)23-18(4,5)11-26-9-7-19;1-17(2,3)26-16(24)22-7-6-12-13(10-22)20-15(19)21-14(12)23-8-9-25-11-18(23,4)5;1-15(2,3)24-14(23)21-7-6-10-11(8-21)18-13(17)19-12(10)20-16(4,5)9-22;1-13(2)8-19-6-5-18(13)11-9-3-4-15-7-10(9)16-12(14)17-11;1-12(2,3)19-11(18)17-5-4-7-8(6-17)15-10(14)16-9(7)13;/h6-11H2,1-5H3,(H,21,22,23);6-11H2,1-5H3;22H,6-9H2,1-5H3,(H,18,19,20);15H,3-8H2,1-2H3;4-6H2,1-3H3;1H. The third-order valence-corrected chi connectivity index (χ3v) is 19.9. The van der Waals surface area contributed by atoms with E-state index in [1.165, 1.54) is 5.56 Å². The smallest absolute Gasteiger partial charge is 0.410 e. The maximum Gasteiger partial charge on any atom is 0.410 e. The summed E-state index contributed by atoms with van der Waals surface area (Å²) in [6, 6.07) is 0. The number of hydrogen-bond donors (Lipinski definition) is 4. The van der Waals surface area contributed by atoms with Gasteiger partial charge in [0.2, 0.25) is 26.4 Å². The van der Waals surface area contributed by atoms with Crippen LogP contribution in [0.25, 0.3) is 0 Å². The lowest BCUT2D eigenvalue weighted by molar-refractivity contribution is 0.0210. The quantitative estimate of drug-likeness (QED) is 0.0314. The molecule has 5 aromatic heterocycles. The molecule has 116 heavy (non-hydrogen) atoms. The Morgan fingerprint density at radius 3 is 1.16 bits per heavy atom. The van der Waals surface area contributed by atoms with E-state index >= 15 is 0 Å². The number of aliphatic hydroxyl groups excluding tert-OH is 1. The number of ether oxygens (including phenoxy) is 7. The average Bonchev–Trinajstić information content (AvgIpc) is 0.779. The van der Waals surface area contributed by atoms with Gasteiger partial charge in [-0.05, 0) is 235 Å². The maximum atomic E-state index is 12.4. The fourth-order valence-electron chi connectivity index (χ4n) is 13.0. The van der Waals surface area contributed by atoms with Gasteiger partial charge in [-0.25, -0.2) is 69.0 Å². The first-order valence-corrected chi connectivity index (χ1v) is 41.9. The van der Waals surface area contributed by atoms with Gasteiger partial charge in [0.15, 0.2) is 0 Å². The first-order chi connectivity index (χ1) is 53.4. The van der Waals surface area contributed by atoms with Crippen LogP contribution in [0.1, 0.15) is 195 Å². The van der Waals surface area contributed by atoms with Crippen molar-refractivity contribution in [3.05, 3.63) is 87.9 Å². The van der Waals surface area contributed by atoms with Gasteiger partial charge in [-0.2, -0.15) is 0 Å². The predicted molar refractivity (Wildman–Crippen MR) is 456 cm³/mol. The Balaban J connectivity index is 0.000000201. The molecular formula is C77H115BrCl7N19O12. The molecule has 31 nitrogen and oxygen atoms in total. The second kappa shape index (κ2) is 40.6. The second-order valence-electron chi connectivity index (χ2n) is 35.2. The molecule has 7 aliphatic rings. The van der Waals surface area contributed by atoms with E-state index in [0.29, 0.717) is 145 Å². The Morgan fingerprint density at radius 2 is 0.784 bits per heavy atom. The molecule has 12 heterocycles. The molecule has 4 N–H and O–H groups in total. The van der Waals surface area contributed by atoms with Crippen LogP contribution < -0.4 is 25.8 Å². The van der Waals surface area contributed by atoms with Gasteiger partial charge in [-0.3, -0.25) is 0 Å². The summed E-state index contributed by atoms with van der Waals surface area (Å²) < 4.78 is 38.5. The Hall–Kier alpha value is -6.01. The number of rotatable bonds is 11. The molecule has 0 aromatic carbocycles. The van der Waals surface area contributed by atoms with Gasteiger partial charge in [0.1, 0.15) is 50.8 Å². The number of alkyl halides is 1. The molecule has 0 spiro atoms. The Kier molecular flexibility index (Phi) is 34.0. The Bertz CT molecular complexity index is 4240. The maximum absolute atomic E-state index is 12.4. The largest absolute Gasteiger partial charge is 0.444 e. The lowest BCUT2D eigenvalue weighted by atomic mass is 9.99. The van der Waals surface area contributed by atoms with Crippen molar-refractivity contribution in [2.75, 3.05) is 118 Å². The summed E-state index contributed by atoms with van der Waals surface area (Å²) in [7, 11) is 0. The Labute approximate surface area is 726 Å². The summed E-state index contributed by atoms with van der Waals surface area (Å²) in [6.45, 7) is 49.3. The van der Waals surface area contributed by atoms with Crippen molar-refractivity contribution in [2.45, 2.75) is 248 Å². The van der Waals surface area contributed by atoms with Gasteiger partial charge in [-0.1, -0.05) is 27.5 Å². The summed E-state index contributed by atoms with van der Waals surface area (Å²) in [6.07, 6.45) is 2.06. The number of carbonyl (C=O) groups excluding carboxylic acids is 4. The third-order valence-electron chi connectivity index (χ3n) is 18.4. The number of anilines is 4. The van der Waals surface area contributed by atoms with Crippen LogP contribution in [0.4, 0.5) is 42.4 Å². The summed E-state index contributed by atoms with van der Waals surface area (Å²) in [5, 5.41) is 21.4. The fraction of sp³-hybridized carbons (Fsp3) is 0.688. The number of morpholine rings is 2. The van der Waals surface area contributed by atoms with E-state index in [-0.39, 0.29) is 81.1 Å². The van der Waals surface area contributed by atoms with Crippen molar-refractivity contribution in [1.29, 1.82) is 0 Å². The van der Waals surface area contributed by atoms with Crippen LogP contribution in [0, 0.1) is 0 Å². The summed E-state index contributed by atoms with van der Waals surface area (Å²) in [5.41, 5.74) is 5.78. The zero-order valence-corrected chi connectivity index (χ0v) is 77.3. The first kappa shape index (κ1) is 97.1. The molecule has 0 bridgehead atoms. The average molecular weight is 1830 g/mol.